The van der Waals surface area contributed by atoms with Crippen LogP contribution < -0.4 is 14.8 Å². The highest BCUT2D eigenvalue weighted by atomic mass is 16.5. The number of benzene rings is 1. The first-order valence-corrected chi connectivity index (χ1v) is 7.75. The topological polar surface area (TPSA) is 39.7 Å². The Labute approximate surface area is 128 Å². The molecule has 21 heavy (non-hydrogen) atoms. The van der Waals surface area contributed by atoms with Crippen LogP contribution in [-0.4, -0.2) is 33.5 Å². The Hall–Kier alpha value is -1.26. The summed E-state index contributed by atoms with van der Waals surface area (Å²) in [6.45, 7) is 10.1. The lowest BCUT2D eigenvalue weighted by atomic mass is 10.2. The van der Waals surface area contributed by atoms with Crippen LogP contribution in [0.1, 0.15) is 32.8 Å². The monoisotopic (exact) mass is 295 g/mol. The van der Waals surface area contributed by atoms with Gasteiger partial charge >= 0.3 is 0 Å². The van der Waals surface area contributed by atoms with Crippen molar-refractivity contribution in [2.45, 2.75) is 33.7 Å². The molecule has 0 fully saturated rings. The summed E-state index contributed by atoms with van der Waals surface area (Å²) in [6, 6.07) is 6.07. The molecule has 0 aliphatic rings. The molecule has 1 aromatic rings. The molecule has 0 unspecified atom stereocenters. The molecule has 0 spiro atoms. The van der Waals surface area contributed by atoms with Gasteiger partial charge in [-0.15, -0.1) is 0 Å². The van der Waals surface area contributed by atoms with Gasteiger partial charge in [-0.25, -0.2) is 0 Å². The molecular formula is C17H29NO3. The van der Waals surface area contributed by atoms with Crippen LogP contribution in [0.15, 0.2) is 18.2 Å². The predicted molar refractivity (Wildman–Crippen MR) is 86.1 cm³/mol. The highest BCUT2D eigenvalue weighted by Gasteiger charge is 2.07. The zero-order valence-electron chi connectivity index (χ0n) is 13.8. The van der Waals surface area contributed by atoms with E-state index in [9.17, 15) is 0 Å². The van der Waals surface area contributed by atoms with E-state index in [0.29, 0.717) is 19.1 Å². The molecule has 0 heterocycles. The lowest BCUT2D eigenvalue weighted by molar-refractivity contribution is 0.199. The molecule has 0 radical (unpaired) electrons. The van der Waals surface area contributed by atoms with Crippen molar-refractivity contribution in [3.8, 4) is 11.5 Å². The third-order valence-electron chi connectivity index (χ3n) is 2.88. The van der Waals surface area contributed by atoms with E-state index >= 15 is 0 Å². The molecule has 0 aromatic heterocycles. The minimum Gasteiger partial charge on any atom is -0.493 e. The molecule has 1 rings (SSSR count). The van der Waals surface area contributed by atoms with Crippen molar-refractivity contribution in [3.63, 3.8) is 0 Å². The van der Waals surface area contributed by atoms with Crippen LogP contribution in [-0.2, 0) is 11.3 Å². The van der Waals surface area contributed by atoms with Crippen LogP contribution in [0, 0.1) is 5.92 Å². The van der Waals surface area contributed by atoms with Crippen LogP contribution in [0.5, 0.6) is 11.5 Å². The Morgan fingerprint density at radius 1 is 1.14 bits per heavy atom. The molecule has 0 saturated heterocycles. The van der Waals surface area contributed by atoms with E-state index in [1.54, 1.807) is 7.11 Å². The van der Waals surface area contributed by atoms with Crippen molar-refractivity contribution < 1.29 is 14.2 Å². The van der Waals surface area contributed by atoms with Crippen molar-refractivity contribution in [2.75, 3.05) is 33.5 Å². The minimum absolute atomic E-state index is 0.500. The highest BCUT2D eigenvalue weighted by molar-refractivity contribution is 5.40. The fourth-order valence-corrected chi connectivity index (χ4v) is 1.78. The molecule has 0 amide bonds. The summed E-state index contributed by atoms with van der Waals surface area (Å²) in [7, 11) is 1.71. The minimum atomic E-state index is 0.500. The van der Waals surface area contributed by atoms with Gasteiger partial charge in [-0.2, -0.15) is 0 Å². The number of rotatable bonds is 11. The number of nitrogens with one attached hydrogen (secondary N) is 1. The third-order valence-corrected chi connectivity index (χ3v) is 2.88. The van der Waals surface area contributed by atoms with Crippen LogP contribution in [0.25, 0.3) is 0 Å². The van der Waals surface area contributed by atoms with E-state index in [2.05, 4.69) is 32.2 Å². The van der Waals surface area contributed by atoms with Crippen molar-refractivity contribution in [1.82, 2.24) is 5.32 Å². The summed E-state index contributed by atoms with van der Waals surface area (Å²) in [5, 5.41) is 3.35. The molecule has 1 aromatic carbocycles. The second-order valence-corrected chi connectivity index (χ2v) is 5.49. The molecule has 0 saturated carbocycles. The lowest BCUT2D eigenvalue weighted by Gasteiger charge is -2.15. The van der Waals surface area contributed by atoms with Gasteiger partial charge in [0.1, 0.15) is 11.5 Å². The number of hydrogen-bond donors (Lipinski definition) is 1. The molecule has 4 nitrogen and oxygen atoms in total. The zero-order chi connectivity index (χ0) is 15.5. The van der Waals surface area contributed by atoms with E-state index in [-0.39, 0.29) is 0 Å². The largest absolute Gasteiger partial charge is 0.493 e. The summed E-state index contributed by atoms with van der Waals surface area (Å²) >= 11 is 0. The smallest absolute Gasteiger partial charge is 0.127 e. The quantitative estimate of drug-likeness (QED) is 0.636. The van der Waals surface area contributed by atoms with Gasteiger partial charge in [-0.3, -0.25) is 0 Å². The zero-order valence-corrected chi connectivity index (χ0v) is 13.8. The summed E-state index contributed by atoms with van der Waals surface area (Å²) < 4.78 is 16.6. The maximum absolute atomic E-state index is 5.92. The van der Waals surface area contributed by atoms with E-state index in [1.165, 1.54) is 0 Å². The van der Waals surface area contributed by atoms with Gasteiger partial charge in [0.25, 0.3) is 0 Å². The average Bonchev–Trinajstić information content (AvgIpc) is 2.48. The Balaban J connectivity index is 2.68. The number of methoxy groups -OCH3 is 1. The van der Waals surface area contributed by atoms with Crippen molar-refractivity contribution >= 4 is 0 Å². The van der Waals surface area contributed by atoms with E-state index in [1.807, 2.05) is 12.1 Å². The van der Waals surface area contributed by atoms with Gasteiger partial charge in [-0.05, 0) is 18.4 Å². The molecule has 0 bridgehead atoms. The van der Waals surface area contributed by atoms with Gasteiger partial charge in [0, 0.05) is 31.8 Å². The summed E-state index contributed by atoms with van der Waals surface area (Å²) in [5.41, 5.74) is 1.15. The molecule has 1 N–H and O–H groups in total. The average molecular weight is 295 g/mol. The summed E-state index contributed by atoms with van der Waals surface area (Å²) in [4.78, 5) is 0. The van der Waals surface area contributed by atoms with Crippen LogP contribution in [0.2, 0.25) is 0 Å². The summed E-state index contributed by atoms with van der Waals surface area (Å²) in [5.74, 6) is 2.28. The standard InChI is InChI=1S/C17H29NO3/c1-5-9-20-16-7-6-15(12-18-8-10-19-4)17(11-16)21-13-14(2)3/h6-7,11,14,18H,5,8-10,12-13H2,1-4H3. The van der Waals surface area contributed by atoms with Crippen LogP contribution in [0.4, 0.5) is 0 Å². The number of hydrogen-bond acceptors (Lipinski definition) is 4. The predicted octanol–water partition coefficient (Wildman–Crippen LogP) is 3.25. The fraction of sp³-hybridized carbons (Fsp3) is 0.647. The third kappa shape index (κ3) is 7.34. The Morgan fingerprint density at radius 3 is 2.62 bits per heavy atom. The molecule has 0 aliphatic heterocycles. The molecular weight excluding hydrogens is 266 g/mol. The van der Waals surface area contributed by atoms with E-state index < -0.39 is 0 Å². The SMILES string of the molecule is CCCOc1ccc(CNCCOC)c(OCC(C)C)c1. The Bertz CT molecular complexity index is 394. The van der Waals surface area contributed by atoms with Gasteiger partial charge in [-0.1, -0.05) is 26.8 Å². The van der Waals surface area contributed by atoms with Gasteiger partial charge in [0.05, 0.1) is 19.8 Å². The highest BCUT2D eigenvalue weighted by Crippen LogP contribution is 2.25. The van der Waals surface area contributed by atoms with Gasteiger partial charge in [0.2, 0.25) is 0 Å². The first-order valence-electron chi connectivity index (χ1n) is 7.75. The van der Waals surface area contributed by atoms with Crippen molar-refractivity contribution in [3.05, 3.63) is 23.8 Å². The molecule has 0 aliphatic carbocycles. The van der Waals surface area contributed by atoms with Gasteiger partial charge in [0.15, 0.2) is 0 Å². The molecule has 0 atom stereocenters. The molecule has 4 heteroatoms. The molecule has 120 valence electrons. The maximum Gasteiger partial charge on any atom is 0.127 e. The summed E-state index contributed by atoms with van der Waals surface area (Å²) in [6.07, 6.45) is 1.00. The van der Waals surface area contributed by atoms with Gasteiger partial charge < -0.3 is 19.5 Å². The van der Waals surface area contributed by atoms with Crippen molar-refractivity contribution in [1.29, 1.82) is 0 Å². The Kier molecular flexibility index (Phi) is 8.87. The first kappa shape index (κ1) is 17.8. The second kappa shape index (κ2) is 10.5. The fourth-order valence-electron chi connectivity index (χ4n) is 1.78. The maximum atomic E-state index is 5.92. The van der Waals surface area contributed by atoms with E-state index in [4.69, 9.17) is 14.2 Å². The first-order chi connectivity index (χ1) is 10.2. The van der Waals surface area contributed by atoms with Crippen LogP contribution >= 0.6 is 0 Å². The second-order valence-electron chi connectivity index (χ2n) is 5.49. The lowest BCUT2D eigenvalue weighted by Crippen LogP contribution is -2.19. The van der Waals surface area contributed by atoms with Crippen molar-refractivity contribution in [2.24, 2.45) is 5.92 Å². The van der Waals surface area contributed by atoms with Crippen LogP contribution in [0.3, 0.4) is 0 Å². The Morgan fingerprint density at radius 2 is 1.95 bits per heavy atom. The van der Waals surface area contributed by atoms with E-state index in [0.717, 1.165) is 43.2 Å². The normalized spacial score (nSPS) is 10.9. The number of ether oxygens (including phenoxy) is 3.